The van der Waals surface area contributed by atoms with E-state index in [0.29, 0.717) is 17.5 Å². The molecule has 0 radical (unpaired) electrons. The van der Waals surface area contributed by atoms with Crippen LogP contribution in [0.4, 0.5) is 5.69 Å². The number of hydrogen-bond acceptors (Lipinski definition) is 5. The Hall–Kier alpha value is -3.10. The van der Waals surface area contributed by atoms with Crippen LogP contribution in [0.3, 0.4) is 0 Å². The highest BCUT2D eigenvalue weighted by atomic mass is 32.2. The molecule has 0 aromatic heterocycles. The van der Waals surface area contributed by atoms with Gasteiger partial charge in [-0.3, -0.25) is 14.4 Å². The molecule has 3 aliphatic heterocycles. The van der Waals surface area contributed by atoms with Crippen molar-refractivity contribution >= 4 is 35.2 Å². The van der Waals surface area contributed by atoms with Gasteiger partial charge in [0.1, 0.15) is 11.6 Å². The number of amides is 3. The maximum absolute atomic E-state index is 14.2. The first-order valence-electron chi connectivity index (χ1n) is 14.3. The van der Waals surface area contributed by atoms with Crippen LogP contribution in [0.15, 0.2) is 71.6 Å². The van der Waals surface area contributed by atoms with Gasteiger partial charge in [-0.15, -0.1) is 11.8 Å². The van der Waals surface area contributed by atoms with E-state index < -0.39 is 29.6 Å². The zero-order valence-corrected chi connectivity index (χ0v) is 24.0. The minimum absolute atomic E-state index is 0.0470. The fourth-order valence-corrected chi connectivity index (χ4v) is 7.65. The van der Waals surface area contributed by atoms with Crippen LogP contribution in [0.5, 0.6) is 0 Å². The SMILES string of the molecule is CSc1cccc(NC(=O)[C@@H]2[C@@H]3C=C[C@]4(O3)[C@@H]2C(=O)N(Cc2ccccc2)[C@H]4C(=O)N[C@@H]2CCC[C@@H](C)[C@@H]2C)c1. The predicted octanol–water partition coefficient (Wildman–Crippen LogP) is 4.64. The highest BCUT2D eigenvalue weighted by Crippen LogP contribution is 2.55. The maximum atomic E-state index is 14.2. The minimum atomic E-state index is -1.17. The molecule has 8 atom stereocenters. The molecule has 210 valence electrons. The van der Waals surface area contributed by atoms with E-state index >= 15 is 0 Å². The summed E-state index contributed by atoms with van der Waals surface area (Å²) < 4.78 is 6.51. The van der Waals surface area contributed by atoms with E-state index in [2.05, 4.69) is 24.5 Å². The molecule has 7 nitrogen and oxygen atoms in total. The van der Waals surface area contributed by atoms with Crippen molar-refractivity contribution in [2.24, 2.45) is 23.7 Å². The molecule has 8 heteroatoms. The summed E-state index contributed by atoms with van der Waals surface area (Å²) in [6.07, 6.45) is 8.32. The Bertz CT molecular complexity index is 1330. The molecule has 1 saturated carbocycles. The number of hydrogen-bond donors (Lipinski definition) is 2. The van der Waals surface area contributed by atoms with E-state index in [9.17, 15) is 14.4 Å². The number of nitrogens with zero attached hydrogens (tertiary/aromatic N) is 1. The number of fused-ring (bicyclic) bond motifs is 1. The summed E-state index contributed by atoms with van der Waals surface area (Å²) in [5.74, 6) is -1.29. The normalized spacial score (nSPS) is 34.1. The lowest BCUT2D eigenvalue weighted by Crippen LogP contribution is -2.57. The average molecular weight is 560 g/mol. The molecule has 0 unspecified atom stereocenters. The van der Waals surface area contributed by atoms with Crippen LogP contribution >= 0.6 is 11.8 Å². The number of ether oxygens (including phenoxy) is 1. The molecular weight excluding hydrogens is 522 g/mol. The third kappa shape index (κ3) is 4.55. The fourth-order valence-electron chi connectivity index (χ4n) is 7.19. The summed E-state index contributed by atoms with van der Waals surface area (Å²) in [4.78, 5) is 44.8. The predicted molar refractivity (Wildman–Crippen MR) is 155 cm³/mol. The summed E-state index contributed by atoms with van der Waals surface area (Å²) in [6, 6.07) is 16.5. The number of carbonyl (C=O) groups is 3. The Labute approximate surface area is 240 Å². The molecule has 1 aliphatic carbocycles. The fraction of sp³-hybridized carbons (Fsp3) is 0.469. The Morgan fingerprint density at radius 2 is 1.88 bits per heavy atom. The van der Waals surface area contributed by atoms with Gasteiger partial charge >= 0.3 is 0 Å². The first-order chi connectivity index (χ1) is 19.3. The van der Waals surface area contributed by atoms with Gasteiger partial charge < -0.3 is 20.3 Å². The van der Waals surface area contributed by atoms with E-state index in [1.807, 2.05) is 73.0 Å². The van der Waals surface area contributed by atoms with Crippen LogP contribution < -0.4 is 10.6 Å². The molecule has 2 aromatic rings. The van der Waals surface area contributed by atoms with Crippen molar-refractivity contribution in [2.45, 2.75) is 68.3 Å². The van der Waals surface area contributed by atoms with Gasteiger partial charge in [0, 0.05) is 23.2 Å². The van der Waals surface area contributed by atoms with Gasteiger partial charge in [0.05, 0.1) is 17.9 Å². The number of benzene rings is 2. The molecule has 3 fully saturated rings. The molecule has 1 spiro atoms. The van der Waals surface area contributed by atoms with E-state index in [0.717, 1.165) is 29.7 Å². The molecule has 40 heavy (non-hydrogen) atoms. The topological polar surface area (TPSA) is 87.7 Å². The Kier molecular flexibility index (Phi) is 7.25. The van der Waals surface area contributed by atoms with Crippen LogP contribution in [0.1, 0.15) is 38.7 Å². The van der Waals surface area contributed by atoms with Gasteiger partial charge in [-0.1, -0.05) is 75.2 Å². The zero-order chi connectivity index (χ0) is 28.0. The quantitative estimate of drug-likeness (QED) is 0.381. The number of carbonyl (C=O) groups excluding carboxylic acids is 3. The van der Waals surface area contributed by atoms with Crippen LogP contribution in [0, 0.1) is 23.7 Å². The number of anilines is 1. The van der Waals surface area contributed by atoms with Gasteiger partial charge in [-0.25, -0.2) is 0 Å². The third-order valence-electron chi connectivity index (χ3n) is 9.49. The highest BCUT2D eigenvalue weighted by molar-refractivity contribution is 7.98. The number of rotatable bonds is 7. The lowest BCUT2D eigenvalue weighted by Gasteiger charge is -2.38. The standard InChI is InChI=1S/C32H37N3O4S/c1-19-9-7-14-24(20(19)2)34-30(37)28-32-16-15-25(39-32)26(29(36)33-22-12-8-13-23(17-22)40-3)27(32)31(38)35(28)18-21-10-5-4-6-11-21/h4-6,8,10-13,15-17,19-20,24-28H,7,9,14,18H2,1-3H3,(H,33,36)(H,34,37)/t19-,20+,24-,25+,26-,27+,28+,32+/m1/s1. The first-order valence-corrected chi connectivity index (χ1v) is 15.5. The molecule has 4 aliphatic rings. The summed E-state index contributed by atoms with van der Waals surface area (Å²) in [7, 11) is 0. The summed E-state index contributed by atoms with van der Waals surface area (Å²) in [6.45, 7) is 4.71. The monoisotopic (exact) mass is 559 g/mol. The van der Waals surface area contributed by atoms with Crippen LogP contribution in [0.25, 0.3) is 0 Å². The van der Waals surface area contributed by atoms with Crippen LogP contribution in [-0.2, 0) is 25.7 Å². The third-order valence-corrected chi connectivity index (χ3v) is 10.2. The molecule has 2 saturated heterocycles. The summed E-state index contributed by atoms with van der Waals surface area (Å²) in [5, 5.41) is 6.34. The second-order valence-corrected chi connectivity index (χ2v) is 12.6. The Morgan fingerprint density at radius 3 is 2.65 bits per heavy atom. The van der Waals surface area contributed by atoms with Crippen LogP contribution in [-0.4, -0.2) is 52.7 Å². The Morgan fingerprint density at radius 1 is 1.07 bits per heavy atom. The lowest BCUT2D eigenvalue weighted by atomic mass is 9.73. The van der Waals surface area contributed by atoms with Crippen molar-refractivity contribution in [3.8, 4) is 0 Å². The number of thioether (sulfide) groups is 1. The first kappa shape index (κ1) is 27.1. The second-order valence-electron chi connectivity index (χ2n) is 11.8. The van der Waals surface area contributed by atoms with Gasteiger partial charge in [0.2, 0.25) is 17.7 Å². The molecule has 3 amide bonds. The van der Waals surface area contributed by atoms with E-state index in [1.165, 1.54) is 0 Å². The zero-order valence-electron chi connectivity index (χ0n) is 23.2. The van der Waals surface area contributed by atoms with Crippen molar-refractivity contribution < 1.29 is 19.1 Å². The summed E-state index contributed by atoms with van der Waals surface area (Å²) >= 11 is 1.60. The largest absolute Gasteiger partial charge is 0.359 e. The van der Waals surface area contributed by atoms with Crippen molar-refractivity contribution in [3.63, 3.8) is 0 Å². The van der Waals surface area contributed by atoms with E-state index in [4.69, 9.17) is 4.74 Å². The second kappa shape index (κ2) is 10.7. The van der Waals surface area contributed by atoms with Gasteiger partial charge in [-0.2, -0.15) is 0 Å². The number of likely N-dealkylation sites (tertiary alicyclic amines) is 1. The van der Waals surface area contributed by atoms with E-state index in [-0.39, 0.29) is 30.3 Å². The molecule has 2 aromatic carbocycles. The molecule has 6 rings (SSSR count). The average Bonchev–Trinajstić information content (AvgIpc) is 3.59. The molecule has 2 bridgehead atoms. The molecule has 3 heterocycles. The summed E-state index contributed by atoms with van der Waals surface area (Å²) in [5.41, 5.74) is 0.435. The van der Waals surface area contributed by atoms with E-state index in [1.54, 1.807) is 16.7 Å². The highest BCUT2D eigenvalue weighted by Gasteiger charge is 2.72. The van der Waals surface area contributed by atoms with Crippen LogP contribution in [0.2, 0.25) is 0 Å². The Balaban J connectivity index is 1.32. The van der Waals surface area contributed by atoms with Crippen molar-refractivity contribution in [1.82, 2.24) is 10.2 Å². The van der Waals surface area contributed by atoms with Gasteiger partial charge in [0.25, 0.3) is 0 Å². The molecular formula is C32H37N3O4S. The van der Waals surface area contributed by atoms with Gasteiger partial charge in [-0.05, 0) is 48.3 Å². The minimum Gasteiger partial charge on any atom is -0.359 e. The van der Waals surface area contributed by atoms with Crippen molar-refractivity contribution in [3.05, 3.63) is 72.3 Å². The van der Waals surface area contributed by atoms with Crippen molar-refractivity contribution in [1.29, 1.82) is 0 Å². The smallest absolute Gasteiger partial charge is 0.246 e. The number of nitrogens with one attached hydrogen (secondary N) is 2. The van der Waals surface area contributed by atoms with Gasteiger partial charge in [0.15, 0.2) is 0 Å². The maximum Gasteiger partial charge on any atom is 0.246 e. The van der Waals surface area contributed by atoms with Crippen molar-refractivity contribution in [2.75, 3.05) is 11.6 Å². The lowest BCUT2D eigenvalue weighted by molar-refractivity contribution is -0.142. The molecule has 2 N–H and O–H groups in total.